The second-order valence-corrected chi connectivity index (χ2v) is 3.16. The lowest BCUT2D eigenvalue weighted by atomic mass is 10.3. The molecule has 0 saturated carbocycles. The first-order valence-corrected chi connectivity index (χ1v) is 4.25. The summed E-state index contributed by atoms with van der Waals surface area (Å²) in [5, 5.41) is 11.6. The van der Waals surface area contributed by atoms with E-state index < -0.39 is 0 Å². The number of aryl methyl sites for hydroxylation is 2. The smallest absolute Gasteiger partial charge is 0.145 e. The molecule has 74 valence electrons. The molecule has 0 radical (unpaired) electrons. The molecule has 0 fully saturated rings. The van der Waals surface area contributed by atoms with Crippen molar-refractivity contribution in [1.29, 1.82) is 0 Å². The molecule has 0 aliphatic heterocycles. The highest BCUT2D eigenvalue weighted by atomic mass is 16.6. The zero-order chi connectivity index (χ0) is 10.1. The Bertz CT molecular complexity index is 444. The van der Waals surface area contributed by atoms with Gasteiger partial charge in [-0.1, -0.05) is 10.3 Å². The predicted molar refractivity (Wildman–Crippen MR) is 49.5 cm³/mol. The summed E-state index contributed by atoms with van der Waals surface area (Å²) in [7, 11) is 0. The van der Waals surface area contributed by atoms with Crippen LogP contribution in [-0.2, 0) is 6.54 Å². The van der Waals surface area contributed by atoms with E-state index in [2.05, 4.69) is 20.0 Å². The molecule has 6 heteroatoms. The number of aromatic nitrogens is 4. The number of hydrogen-bond donors (Lipinski definition) is 1. The molecule has 2 N–H and O–H groups in total. The van der Waals surface area contributed by atoms with Gasteiger partial charge in [0.15, 0.2) is 0 Å². The van der Waals surface area contributed by atoms with Gasteiger partial charge in [-0.25, -0.2) is 4.63 Å². The van der Waals surface area contributed by atoms with Crippen LogP contribution in [0.25, 0.3) is 0 Å². The first kappa shape index (κ1) is 8.74. The Labute approximate surface area is 80.7 Å². The van der Waals surface area contributed by atoms with E-state index in [-0.39, 0.29) is 0 Å². The van der Waals surface area contributed by atoms with Gasteiger partial charge in [0, 0.05) is 11.8 Å². The highest BCUT2D eigenvalue weighted by Crippen LogP contribution is 2.08. The van der Waals surface area contributed by atoms with Crippen LogP contribution in [0.5, 0.6) is 0 Å². The molecule has 2 aromatic rings. The van der Waals surface area contributed by atoms with Crippen molar-refractivity contribution in [1.82, 2.24) is 20.1 Å². The van der Waals surface area contributed by atoms with Crippen molar-refractivity contribution in [3.63, 3.8) is 0 Å². The third-order valence-electron chi connectivity index (χ3n) is 2.05. The van der Waals surface area contributed by atoms with Gasteiger partial charge in [0.2, 0.25) is 0 Å². The fourth-order valence-electron chi connectivity index (χ4n) is 1.23. The molecule has 2 heterocycles. The van der Waals surface area contributed by atoms with Gasteiger partial charge >= 0.3 is 0 Å². The maximum Gasteiger partial charge on any atom is 0.145 e. The van der Waals surface area contributed by atoms with Crippen molar-refractivity contribution in [2.45, 2.75) is 20.4 Å². The molecule has 0 spiro atoms. The summed E-state index contributed by atoms with van der Waals surface area (Å²) < 4.78 is 6.36. The van der Waals surface area contributed by atoms with E-state index in [0.717, 1.165) is 17.1 Å². The molecule has 0 bridgehead atoms. The van der Waals surface area contributed by atoms with Crippen LogP contribution in [0.15, 0.2) is 10.7 Å². The van der Waals surface area contributed by atoms with Crippen LogP contribution < -0.4 is 5.73 Å². The van der Waals surface area contributed by atoms with E-state index in [9.17, 15) is 0 Å². The first-order valence-electron chi connectivity index (χ1n) is 4.25. The summed E-state index contributed by atoms with van der Waals surface area (Å²) in [6, 6.07) is 1.81. The lowest BCUT2D eigenvalue weighted by Crippen LogP contribution is -2.05. The third kappa shape index (κ3) is 1.46. The Morgan fingerprint density at radius 3 is 2.71 bits per heavy atom. The van der Waals surface area contributed by atoms with E-state index >= 15 is 0 Å². The maximum absolute atomic E-state index is 5.56. The maximum atomic E-state index is 5.56. The van der Waals surface area contributed by atoms with E-state index in [1.54, 1.807) is 4.68 Å². The van der Waals surface area contributed by atoms with Crippen molar-refractivity contribution < 1.29 is 4.63 Å². The largest absolute Gasteiger partial charge is 0.382 e. The van der Waals surface area contributed by atoms with Crippen molar-refractivity contribution in [3.05, 3.63) is 23.1 Å². The summed E-state index contributed by atoms with van der Waals surface area (Å²) in [6.07, 6.45) is 0. The molecule has 0 saturated heterocycles. The molecular weight excluding hydrogens is 182 g/mol. The van der Waals surface area contributed by atoms with Gasteiger partial charge in [0.05, 0.1) is 6.54 Å². The van der Waals surface area contributed by atoms with Crippen LogP contribution in [0.1, 0.15) is 17.1 Å². The molecule has 0 unspecified atom stereocenters. The molecule has 2 rings (SSSR count). The van der Waals surface area contributed by atoms with Gasteiger partial charge < -0.3 is 5.73 Å². The highest BCUT2D eigenvalue weighted by Gasteiger charge is 2.08. The molecule has 2 aromatic heterocycles. The molecule has 0 aliphatic rings. The Morgan fingerprint density at radius 1 is 1.43 bits per heavy atom. The van der Waals surface area contributed by atoms with Crippen molar-refractivity contribution >= 4 is 5.82 Å². The fraction of sp³-hybridized carbons (Fsp3) is 0.375. The quantitative estimate of drug-likeness (QED) is 0.751. The molecule has 0 atom stereocenters. The number of nitrogen functional groups attached to an aromatic ring is 1. The van der Waals surface area contributed by atoms with Gasteiger partial charge in [-0.3, -0.25) is 4.68 Å². The molecule has 0 amide bonds. The minimum atomic E-state index is 0.511. The summed E-state index contributed by atoms with van der Waals surface area (Å²) in [5.41, 5.74) is 8.10. The van der Waals surface area contributed by atoms with Crippen LogP contribution >= 0.6 is 0 Å². The fourth-order valence-corrected chi connectivity index (χ4v) is 1.23. The lowest BCUT2D eigenvalue weighted by Gasteiger charge is -1.99. The van der Waals surface area contributed by atoms with Crippen LogP contribution in [0.2, 0.25) is 0 Å². The van der Waals surface area contributed by atoms with Gasteiger partial charge in [-0.05, 0) is 13.8 Å². The topological polar surface area (TPSA) is 82.8 Å². The Morgan fingerprint density at radius 2 is 2.21 bits per heavy atom. The van der Waals surface area contributed by atoms with Crippen LogP contribution in [0.4, 0.5) is 5.82 Å². The van der Waals surface area contributed by atoms with Crippen LogP contribution in [0.3, 0.4) is 0 Å². The third-order valence-corrected chi connectivity index (χ3v) is 2.05. The SMILES string of the molecule is Cc1nonc1Cn1nc(N)cc1C. The highest BCUT2D eigenvalue weighted by molar-refractivity contribution is 5.29. The van der Waals surface area contributed by atoms with E-state index in [1.165, 1.54) is 0 Å². The molecule has 0 aliphatic carbocycles. The second-order valence-electron chi connectivity index (χ2n) is 3.16. The van der Waals surface area contributed by atoms with Gasteiger partial charge in [-0.2, -0.15) is 5.10 Å². The molecule has 0 aromatic carbocycles. The second kappa shape index (κ2) is 3.13. The summed E-state index contributed by atoms with van der Waals surface area (Å²) in [6.45, 7) is 4.32. The summed E-state index contributed by atoms with van der Waals surface area (Å²) in [5.74, 6) is 0.511. The first-order chi connectivity index (χ1) is 6.66. The lowest BCUT2D eigenvalue weighted by molar-refractivity contribution is 0.300. The Hall–Kier alpha value is -1.85. The summed E-state index contributed by atoms with van der Waals surface area (Å²) in [4.78, 5) is 0. The number of anilines is 1. The molecule has 14 heavy (non-hydrogen) atoms. The number of rotatable bonds is 2. The zero-order valence-corrected chi connectivity index (χ0v) is 8.06. The monoisotopic (exact) mass is 193 g/mol. The van der Waals surface area contributed by atoms with E-state index in [1.807, 2.05) is 19.9 Å². The van der Waals surface area contributed by atoms with Gasteiger partial charge in [0.25, 0.3) is 0 Å². The average molecular weight is 193 g/mol. The molecular formula is C8H11N5O. The standard InChI is InChI=1S/C8H11N5O/c1-5-3-8(9)10-13(5)4-7-6(2)11-14-12-7/h3H,4H2,1-2H3,(H2,9,10). The van der Waals surface area contributed by atoms with E-state index in [0.29, 0.717) is 12.4 Å². The minimum Gasteiger partial charge on any atom is -0.382 e. The predicted octanol–water partition coefficient (Wildman–Crippen LogP) is 0.513. The number of nitrogens with two attached hydrogens (primary N) is 1. The van der Waals surface area contributed by atoms with Crippen LogP contribution in [0, 0.1) is 13.8 Å². The zero-order valence-electron chi connectivity index (χ0n) is 8.06. The normalized spacial score (nSPS) is 10.7. The number of hydrogen-bond acceptors (Lipinski definition) is 5. The molecule has 6 nitrogen and oxygen atoms in total. The Balaban J connectivity index is 2.27. The van der Waals surface area contributed by atoms with E-state index in [4.69, 9.17) is 5.73 Å². The van der Waals surface area contributed by atoms with Crippen LogP contribution in [-0.4, -0.2) is 20.1 Å². The average Bonchev–Trinajstić information content (AvgIpc) is 2.62. The minimum absolute atomic E-state index is 0.511. The number of nitrogens with zero attached hydrogens (tertiary/aromatic N) is 4. The van der Waals surface area contributed by atoms with Crippen molar-refractivity contribution in [3.8, 4) is 0 Å². The van der Waals surface area contributed by atoms with Crippen molar-refractivity contribution in [2.24, 2.45) is 0 Å². The van der Waals surface area contributed by atoms with Gasteiger partial charge in [0.1, 0.15) is 17.2 Å². The van der Waals surface area contributed by atoms with Crippen molar-refractivity contribution in [2.75, 3.05) is 5.73 Å². The Kier molecular flexibility index (Phi) is 1.95. The summed E-state index contributed by atoms with van der Waals surface area (Å²) >= 11 is 0. The van der Waals surface area contributed by atoms with Gasteiger partial charge in [-0.15, -0.1) is 0 Å².